The van der Waals surface area contributed by atoms with E-state index in [1.807, 2.05) is 24.3 Å². The Labute approximate surface area is 171 Å². The molecule has 1 aliphatic rings. The molecule has 1 atom stereocenters. The second-order valence-corrected chi connectivity index (χ2v) is 8.60. The molecule has 4 rings (SSSR count). The summed E-state index contributed by atoms with van der Waals surface area (Å²) in [4.78, 5) is 25.2. The van der Waals surface area contributed by atoms with Gasteiger partial charge >= 0.3 is 0 Å². The van der Waals surface area contributed by atoms with Crippen molar-refractivity contribution < 1.29 is 14.3 Å². The maximum Gasteiger partial charge on any atom is 0.232 e. The quantitative estimate of drug-likeness (QED) is 0.452. The van der Waals surface area contributed by atoms with Crippen molar-refractivity contribution in [2.45, 2.75) is 24.5 Å². The standard InChI is InChI=1S/C20H21N3O3S2/c1-3-14-8-15-19(21-12-22-20(15)28-14)27-11-18(24)23(2)9-13-10-25-16-6-4-5-7-17(16)26-13/h4-8,12-13H,3,9-11H2,1-2H3/t13-/m0/s1. The van der Waals surface area contributed by atoms with Gasteiger partial charge in [0, 0.05) is 17.3 Å². The number of carbonyl (C=O) groups excluding carboxylic acids is 1. The van der Waals surface area contributed by atoms with E-state index in [2.05, 4.69) is 23.0 Å². The third-order valence-electron chi connectivity index (χ3n) is 4.50. The van der Waals surface area contributed by atoms with Gasteiger partial charge in [0.2, 0.25) is 5.91 Å². The number of thioether (sulfide) groups is 1. The number of amides is 1. The summed E-state index contributed by atoms with van der Waals surface area (Å²) in [5.74, 6) is 1.83. The van der Waals surface area contributed by atoms with Crippen molar-refractivity contribution in [1.29, 1.82) is 0 Å². The number of hydrogen-bond donors (Lipinski definition) is 0. The lowest BCUT2D eigenvalue weighted by Crippen LogP contribution is -2.42. The van der Waals surface area contributed by atoms with Crippen LogP contribution in [-0.2, 0) is 11.2 Å². The summed E-state index contributed by atoms with van der Waals surface area (Å²) >= 11 is 3.13. The Morgan fingerprint density at radius 1 is 1.32 bits per heavy atom. The molecule has 2 aromatic heterocycles. The van der Waals surface area contributed by atoms with Crippen molar-refractivity contribution in [3.8, 4) is 11.5 Å². The van der Waals surface area contributed by atoms with E-state index in [-0.39, 0.29) is 12.0 Å². The number of carbonyl (C=O) groups is 1. The van der Waals surface area contributed by atoms with Crippen LogP contribution < -0.4 is 9.47 Å². The molecule has 0 fully saturated rings. The van der Waals surface area contributed by atoms with Crippen molar-refractivity contribution in [2.75, 3.05) is 26.0 Å². The van der Waals surface area contributed by atoms with Gasteiger partial charge in [0.1, 0.15) is 22.8 Å². The average Bonchev–Trinajstić information content (AvgIpc) is 3.16. The van der Waals surface area contributed by atoms with E-state index < -0.39 is 0 Å². The van der Waals surface area contributed by atoms with Crippen LogP contribution in [0.5, 0.6) is 11.5 Å². The van der Waals surface area contributed by atoms with Crippen LogP contribution >= 0.6 is 23.1 Å². The number of para-hydroxylation sites is 2. The monoisotopic (exact) mass is 415 g/mol. The molecule has 6 nitrogen and oxygen atoms in total. The number of nitrogens with zero attached hydrogens (tertiary/aromatic N) is 3. The lowest BCUT2D eigenvalue weighted by molar-refractivity contribution is -0.128. The van der Waals surface area contributed by atoms with Crippen LogP contribution in [0.4, 0.5) is 0 Å². The Hall–Kier alpha value is -2.32. The molecule has 1 aromatic carbocycles. The number of ether oxygens (including phenoxy) is 2. The predicted octanol–water partition coefficient (Wildman–Crippen LogP) is 3.64. The molecular formula is C20H21N3O3S2. The van der Waals surface area contributed by atoms with Gasteiger partial charge in [-0.25, -0.2) is 9.97 Å². The molecule has 3 aromatic rings. The summed E-state index contributed by atoms with van der Waals surface area (Å²) in [5.41, 5.74) is 0. The first-order valence-corrected chi connectivity index (χ1v) is 10.9. The van der Waals surface area contributed by atoms with Crippen LogP contribution in [0.25, 0.3) is 10.2 Å². The molecule has 0 spiro atoms. The smallest absolute Gasteiger partial charge is 0.232 e. The molecule has 0 unspecified atom stereocenters. The fourth-order valence-corrected chi connectivity index (χ4v) is 4.89. The highest BCUT2D eigenvalue weighted by atomic mass is 32.2. The van der Waals surface area contributed by atoms with Crippen LogP contribution in [0.3, 0.4) is 0 Å². The molecular weight excluding hydrogens is 394 g/mol. The summed E-state index contributed by atoms with van der Waals surface area (Å²) in [6, 6.07) is 9.71. The summed E-state index contributed by atoms with van der Waals surface area (Å²) in [7, 11) is 1.79. The zero-order valence-electron chi connectivity index (χ0n) is 15.8. The van der Waals surface area contributed by atoms with E-state index in [0.717, 1.165) is 33.2 Å². The largest absolute Gasteiger partial charge is 0.486 e. The molecule has 0 saturated heterocycles. The maximum atomic E-state index is 12.6. The van der Waals surface area contributed by atoms with Gasteiger partial charge in [0.15, 0.2) is 17.6 Å². The summed E-state index contributed by atoms with van der Waals surface area (Å²) in [5, 5.41) is 1.89. The topological polar surface area (TPSA) is 64.6 Å². The highest BCUT2D eigenvalue weighted by Gasteiger charge is 2.24. The van der Waals surface area contributed by atoms with Crippen LogP contribution in [0.2, 0.25) is 0 Å². The van der Waals surface area contributed by atoms with E-state index in [4.69, 9.17) is 9.47 Å². The van der Waals surface area contributed by atoms with E-state index in [1.54, 1.807) is 29.6 Å². The fourth-order valence-electron chi connectivity index (χ4n) is 2.97. The first-order valence-electron chi connectivity index (χ1n) is 9.12. The lowest BCUT2D eigenvalue weighted by atomic mass is 10.2. The maximum absolute atomic E-state index is 12.6. The summed E-state index contributed by atoms with van der Waals surface area (Å²) in [6.45, 7) is 3.03. The summed E-state index contributed by atoms with van der Waals surface area (Å²) in [6.07, 6.45) is 2.36. The molecule has 0 N–H and O–H groups in total. The van der Waals surface area contributed by atoms with Gasteiger partial charge in [-0.3, -0.25) is 4.79 Å². The van der Waals surface area contributed by atoms with Gasteiger partial charge in [-0.2, -0.15) is 0 Å². The molecule has 0 saturated carbocycles. The van der Waals surface area contributed by atoms with Crippen molar-refractivity contribution in [3.63, 3.8) is 0 Å². The minimum absolute atomic E-state index is 0.0326. The lowest BCUT2D eigenvalue weighted by Gasteiger charge is -2.29. The Morgan fingerprint density at radius 3 is 2.96 bits per heavy atom. The fraction of sp³-hybridized carbons (Fsp3) is 0.350. The first kappa shape index (κ1) is 19.0. The predicted molar refractivity (Wildman–Crippen MR) is 112 cm³/mol. The molecule has 28 heavy (non-hydrogen) atoms. The SMILES string of the molecule is CCc1cc2c(SCC(=O)N(C)C[C@H]3COc4ccccc4O3)ncnc2s1. The third-order valence-corrected chi connectivity index (χ3v) is 6.67. The minimum atomic E-state index is -0.177. The molecule has 8 heteroatoms. The Kier molecular flexibility index (Phi) is 5.68. The average molecular weight is 416 g/mol. The molecule has 1 aliphatic heterocycles. The number of fused-ring (bicyclic) bond motifs is 2. The van der Waals surface area contributed by atoms with Gasteiger partial charge in [-0.15, -0.1) is 11.3 Å². The first-order chi connectivity index (χ1) is 13.6. The van der Waals surface area contributed by atoms with Crippen molar-refractivity contribution in [1.82, 2.24) is 14.9 Å². The number of thiophene rings is 1. The molecule has 0 aliphatic carbocycles. The zero-order valence-corrected chi connectivity index (χ0v) is 17.4. The zero-order chi connectivity index (χ0) is 19.5. The number of benzene rings is 1. The summed E-state index contributed by atoms with van der Waals surface area (Å²) < 4.78 is 11.7. The van der Waals surface area contributed by atoms with Gasteiger partial charge < -0.3 is 14.4 Å². The Bertz CT molecular complexity index is 992. The second kappa shape index (κ2) is 8.36. The Balaban J connectivity index is 1.35. The molecule has 0 radical (unpaired) electrons. The van der Waals surface area contributed by atoms with E-state index in [9.17, 15) is 4.79 Å². The van der Waals surface area contributed by atoms with Crippen LogP contribution in [0.15, 0.2) is 41.7 Å². The molecule has 1 amide bonds. The van der Waals surface area contributed by atoms with Crippen LogP contribution in [0, 0.1) is 0 Å². The van der Waals surface area contributed by atoms with Gasteiger partial charge in [0.05, 0.1) is 12.3 Å². The molecule has 3 heterocycles. The van der Waals surface area contributed by atoms with E-state index in [1.165, 1.54) is 16.6 Å². The highest BCUT2D eigenvalue weighted by Crippen LogP contribution is 2.32. The van der Waals surface area contributed by atoms with Crippen LogP contribution in [0.1, 0.15) is 11.8 Å². The molecule has 0 bridgehead atoms. The van der Waals surface area contributed by atoms with E-state index in [0.29, 0.717) is 18.9 Å². The number of rotatable bonds is 6. The minimum Gasteiger partial charge on any atom is -0.486 e. The molecule has 146 valence electrons. The number of aromatic nitrogens is 2. The number of hydrogen-bond acceptors (Lipinski definition) is 7. The van der Waals surface area contributed by atoms with Gasteiger partial charge in [0.25, 0.3) is 0 Å². The van der Waals surface area contributed by atoms with Gasteiger partial charge in [-0.05, 0) is 24.6 Å². The number of likely N-dealkylation sites (N-methyl/N-ethyl adjacent to an activating group) is 1. The number of aryl methyl sites for hydroxylation is 1. The van der Waals surface area contributed by atoms with Gasteiger partial charge in [-0.1, -0.05) is 30.8 Å². The van der Waals surface area contributed by atoms with Crippen LogP contribution in [-0.4, -0.2) is 52.8 Å². The third kappa shape index (κ3) is 4.07. The normalized spacial score (nSPS) is 15.6. The Morgan fingerprint density at radius 2 is 2.14 bits per heavy atom. The highest BCUT2D eigenvalue weighted by molar-refractivity contribution is 8.00. The van der Waals surface area contributed by atoms with Crippen molar-refractivity contribution >= 4 is 39.2 Å². The van der Waals surface area contributed by atoms with E-state index >= 15 is 0 Å². The van der Waals surface area contributed by atoms with Crippen molar-refractivity contribution in [2.24, 2.45) is 0 Å². The second-order valence-electron chi connectivity index (χ2n) is 6.52. The van der Waals surface area contributed by atoms with Crippen molar-refractivity contribution in [3.05, 3.63) is 41.5 Å².